The molecule has 1 aromatic carbocycles. The largest absolute Gasteiger partial charge is 0.494 e. The number of amides is 2. The van der Waals surface area contributed by atoms with Gasteiger partial charge in [-0.05, 0) is 54.9 Å². The average molecular weight is 569 g/mol. The van der Waals surface area contributed by atoms with Crippen molar-refractivity contribution in [3.8, 4) is 5.75 Å². The van der Waals surface area contributed by atoms with E-state index in [9.17, 15) is 31.2 Å². The normalized spacial score (nSPS) is 20.5. The fourth-order valence-corrected chi connectivity index (χ4v) is 6.06. The second-order valence-corrected chi connectivity index (χ2v) is 13.0. The third-order valence-corrected chi connectivity index (χ3v) is 8.28. The number of hydrogen-bond donors (Lipinski definition) is 2. The highest BCUT2D eigenvalue weighted by Crippen LogP contribution is 2.45. The summed E-state index contributed by atoms with van der Waals surface area (Å²) in [6, 6.07) is 5.38. The monoisotopic (exact) mass is 568 g/mol. The van der Waals surface area contributed by atoms with Crippen LogP contribution in [0.3, 0.4) is 0 Å². The van der Waals surface area contributed by atoms with E-state index in [1.54, 1.807) is 10.7 Å². The summed E-state index contributed by atoms with van der Waals surface area (Å²) in [5, 5.41) is 10.2. The number of sulfone groups is 1. The molecule has 1 fully saturated rings. The minimum absolute atomic E-state index is 0.0441. The summed E-state index contributed by atoms with van der Waals surface area (Å²) in [5.41, 5.74) is 2.12. The molecule has 2 aliphatic carbocycles. The predicted octanol–water partition coefficient (Wildman–Crippen LogP) is 3.52. The molecule has 1 spiro atoms. The lowest BCUT2D eigenvalue weighted by Gasteiger charge is -2.36. The van der Waals surface area contributed by atoms with Gasteiger partial charge in [-0.2, -0.15) is 18.3 Å². The molecule has 39 heavy (non-hydrogen) atoms. The summed E-state index contributed by atoms with van der Waals surface area (Å²) in [4.78, 5) is 25.8. The molecule has 3 aliphatic rings. The van der Waals surface area contributed by atoms with E-state index >= 15 is 0 Å². The average Bonchev–Trinajstić information content (AvgIpc) is 3.51. The van der Waals surface area contributed by atoms with Gasteiger partial charge < -0.3 is 15.4 Å². The Balaban J connectivity index is 1.38. The highest BCUT2D eigenvalue weighted by atomic mass is 32.2. The predicted molar refractivity (Wildman–Crippen MR) is 136 cm³/mol. The third kappa shape index (κ3) is 6.39. The van der Waals surface area contributed by atoms with Gasteiger partial charge >= 0.3 is 6.18 Å². The third-order valence-electron chi connectivity index (χ3n) is 7.49. The van der Waals surface area contributed by atoms with Crippen LogP contribution in [-0.2, 0) is 39.6 Å². The fourth-order valence-electron chi connectivity index (χ4n) is 5.51. The lowest BCUT2D eigenvalue weighted by molar-refractivity contribution is -0.136. The summed E-state index contributed by atoms with van der Waals surface area (Å²) in [6.45, 7) is 0.535. The quantitative estimate of drug-likeness (QED) is 0.424. The number of nitrogens with one attached hydrogen (secondary N) is 2. The number of anilines is 1. The van der Waals surface area contributed by atoms with Crippen LogP contribution in [0.15, 0.2) is 18.2 Å². The second kappa shape index (κ2) is 10.1. The Hall–Kier alpha value is -3.09. The molecule has 0 unspecified atom stereocenters. The van der Waals surface area contributed by atoms with Gasteiger partial charge in [-0.1, -0.05) is 18.9 Å². The van der Waals surface area contributed by atoms with Gasteiger partial charge in [0.15, 0.2) is 15.7 Å². The molecule has 2 heterocycles. The Labute approximate surface area is 224 Å². The van der Waals surface area contributed by atoms with Crippen molar-refractivity contribution >= 4 is 27.5 Å². The number of aromatic nitrogens is 2. The van der Waals surface area contributed by atoms with Crippen LogP contribution in [0, 0.1) is 5.92 Å². The van der Waals surface area contributed by atoms with Gasteiger partial charge in [0.2, 0.25) is 5.91 Å². The first-order valence-corrected chi connectivity index (χ1v) is 15.1. The molecule has 2 aromatic rings. The van der Waals surface area contributed by atoms with Crippen LogP contribution in [0.25, 0.3) is 0 Å². The minimum atomic E-state index is -4.22. The summed E-state index contributed by atoms with van der Waals surface area (Å²) >= 11 is 0. The molecule has 2 amide bonds. The molecule has 13 heteroatoms. The second-order valence-electron chi connectivity index (χ2n) is 10.8. The van der Waals surface area contributed by atoms with Crippen molar-refractivity contribution in [2.45, 2.75) is 69.6 Å². The van der Waals surface area contributed by atoms with Crippen LogP contribution in [-0.4, -0.2) is 54.8 Å². The molecular formula is C26H31F3N4O5S. The molecule has 0 radical (unpaired) electrons. The van der Waals surface area contributed by atoms with E-state index < -0.39 is 45.5 Å². The molecule has 0 bridgehead atoms. The highest BCUT2D eigenvalue weighted by Gasteiger charge is 2.47. The van der Waals surface area contributed by atoms with Crippen molar-refractivity contribution in [3.05, 3.63) is 40.6 Å². The number of fused-ring (bicyclic) bond motifs is 3. The van der Waals surface area contributed by atoms with Crippen molar-refractivity contribution < 1.29 is 35.9 Å². The van der Waals surface area contributed by atoms with Crippen LogP contribution in [0.4, 0.5) is 19.0 Å². The van der Waals surface area contributed by atoms with Gasteiger partial charge in [0, 0.05) is 25.6 Å². The van der Waals surface area contributed by atoms with Crippen molar-refractivity contribution in [2.75, 3.05) is 23.9 Å². The molecule has 9 nitrogen and oxygen atoms in total. The number of benzene rings is 1. The Morgan fingerprint density at radius 1 is 1.31 bits per heavy atom. The number of aryl methyl sites for hydroxylation is 2. The standard InChI is InChI=1S/C26H31F3N4O5S/c1-39(36,37)15-21(34)30-23-22-20(33(32-23)11-8-16-3-4-16)14-25(31-24(22)35)10-7-17-13-18(5-6-19(17)25)38-12-2-9-26(27,28)29/h5-6,13,16H,2-4,7-12,14-15H2,1H3,(H,31,35)(H,30,32,34)/t25-/m0/s1. The Morgan fingerprint density at radius 2 is 2.08 bits per heavy atom. The van der Waals surface area contributed by atoms with E-state index in [1.165, 1.54) is 0 Å². The van der Waals surface area contributed by atoms with E-state index in [4.69, 9.17) is 4.74 Å². The Morgan fingerprint density at radius 3 is 2.77 bits per heavy atom. The maximum absolute atomic E-state index is 13.5. The minimum Gasteiger partial charge on any atom is -0.494 e. The number of nitrogens with zero attached hydrogens (tertiary/aromatic N) is 2. The molecule has 1 atom stereocenters. The zero-order chi connectivity index (χ0) is 28.0. The zero-order valence-electron chi connectivity index (χ0n) is 21.6. The van der Waals surface area contributed by atoms with Crippen LogP contribution in [0.1, 0.15) is 65.7 Å². The maximum atomic E-state index is 13.5. The van der Waals surface area contributed by atoms with Gasteiger partial charge in [0.25, 0.3) is 5.91 Å². The van der Waals surface area contributed by atoms with E-state index in [1.807, 2.05) is 12.1 Å². The molecule has 1 aliphatic heterocycles. The van der Waals surface area contributed by atoms with Gasteiger partial charge in [0.05, 0.1) is 17.8 Å². The SMILES string of the molecule is CS(=O)(=O)CC(=O)Nc1nn(CCC2CC2)c2c1C(=O)N[C@@]1(CCc3cc(OCCCC(F)(F)F)ccc31)C2. The Kier molecular flexibility index (Phi) is 7.15. The van der Waals surface area contributed by atoms with E-state index in [0.29, 0.717) is 43.2 Å². The van der Waals surface area contributed by atoms with Gasteiger partial charge in [-0.25, -0.2) is 8.42 Å². The van der Waals surface area contributed by atoms with E-state index in [2.05, 4.69) is 15.7 Å². The maximum Gasteiger partial charge on any atom is 0.389 e. The van der Waals surface area contributed by atoms with E-state index in [0.717, 1.165) is 36.6 Å². The first kappa shape index (κ1) is 27.5. The number of rotatable bonds is 10. The zero-order valence-corrected chi connectivity index (χ0v) is 22.4. The molecule has 5 rings (SSSR count). The van der Waals surface area contributed by atoms with Crippen LogP contribution >= 0.6 is 0 Å². The summed E-state index contributed by atoms with van der Waals surface area (Å²) in [7, 11) is -3.56. The van der Waals surface area contributed by atoms with Gasteiger partial charge in [-0.3, -0.25) is 14.3 Å². The van der Waals surface area contributed by atoms with Crippen molar-refractivity contribution in [1.82, 2.24) is 15.1 Å². The molecule has 1 aromatic heterocycles. The topological polar surface area (TPSA) is 119 Å². The lowest BCUT2D eigenvalue weighted by atomic mass is 9.82. The first-order valence-electron chi connectivity index (χ1n) is 13.0. The summed E-state index contributed by atoms with van der Waals surface area (Å²) in [6.07, 6.45) is 0.624. The van der Waals surface area contributed by atoms with Crippen molar-refractivity contribution in [1.29, 1.82) is 0 Å². The number of alkyl halides is 3. The summed E-state index contributed by atoms with van der Waals surface area (Å²) in [5.74, 6) is -0.709. The highest BCUT2D eigenvalue weighted by molar-refractivity contribution is 7.91. The number of ether oxygens (including phenoxy) is 1. The number of carbonyl (C=O) groups is 2. The number of carbonyl (C=O) groups excluding carboxylic acids is 2. The Bertz CT molecular complexity index is 1400. The van der Waals surface area contributed by atoms with Crippen molar-refractivity contribution in [2.24, 2.45) is 5.92 Å². The van der Waals surface area contributed by atoms with Crippen LogP contribution < -0.4 is 15.4 Å². The molecule has 212 valence electrons. The molecule has 1 saturated carbocycles. The summed E-state index contributed by atoms with van der Waals surface area (Å²) < 4.78 is 67.7. The van der Waals surface area contributed by atoms with Crippen LogP contribution in [0.5, 0.6) is 5.75 Å². The van der Waals surface area contributed by atoms with Gasteiger partial charge in [0.1, 0.15) is 17.1 Å². The first-order chi connectivity index (χ1) is 18.3. The van der Waals surface area contributed by atoms with E-state index in [-0.39, 0.29) is 24.4 Å². The van der Waals surface area contributed by atoms with Gasteiger partial charge in [-0.15, -0.1) is 0 Å². The fraction of sp³-hybridized carbons (Fsp3) is 0.577. The van der Waals surface area contributed by atoms with Crippen LogP contribution in [0.2, 0.25) is 0 Å². The number of halogens is 3. The molecule has 0 saturated heterocycles. The molecule has 2 N–H and O–H groups in total. The van der Waals surface area contributed by atoms with Crippen molar-refractivity contribution in [3.63, 3.8) is 0 Å². The lowest BCUT2D eigenvalue weighted by Crippen LogP contribution is -2.50. The molecular weight excluding hydrogens is 537 g/mol. The number of hydrogen-bond acceptors (Lipinski definition) is 6. The smallest absolute Gasteiger partial charge is 0.389 e.